The molecule has 1 aromatic heterocycles. The summed E-state index contributed by atoms with van der Waals surface area (Å²) < 4.78 is 11.1. The molecule has 1 fully saturated rings. The summed E-state index contributed by atoms with van der Waals surface area (Å²) in [4.78, 5) is 26.0. The summed E-state index contributed by atoms with van der Waals surface area (Å²) >= 11 is 3.19. The molecule has 1 aromatic rings. The number of amides is 2. The molecule has 1 saturated heterocycles. The fourth-order valence-electron chi connectivity index (χ4n) is 2.46. The molecule has 0 aliphatic carbocycles. The molecule has 0 aromatic carbocycles. The first kappa shape index (κ1) is 17.8. The number of carbonyl (C=O) groups is 2. The lowest BCUT2D eigenvalue weighted by molar-refractivity contribution is 0.0391. The Morgan fingerprint density at radius 2 is 1.91 bits per heavy atom. The van der Waals surface area contributed by atoms with Gasteiger partial charge in [-0.25, -0.2) is 4.79 Å². The van der Waals surface area contributed by atoms with Crippen LogP contribution in [0.3, 0.4) is 0 Å². The van der Waals surface area contributed by atoms with Gasteiger partial charge in [0.2, 0.25) is 0 Å². The Morgan fingerprint density at radius 3 is 2.39 bits per heavy atom. The number of hydrogen-bond donors (Lipinski definition) is 1. The van der Waals surface area contributed by atoms with E-state index in [1.807, 2.05) is 27.7 Å². The average Bonchev–Trinajstić information content (AvgIpc) is 2.82. The SMILES string of the molecule is CC1(NC(=O)OC(C)(C)C)CCN(C(=O)c2ccc(Br)o2)CC1. The predicted molar refractivity (Wildman–Crippen MR) is 89.3 cm³/mol. The van der Waals surface area contributed by atoms with Crippen LogP contribution in [0.1, 0.15) is 51.1 Å². The molecule has 0 unspecified atom stereocenters. The van der Waals surface area contributed by atoms with Crippen LogP contribution < -0.4 is 5.32 Å². The van der Waals surface area contributed by atoms with Crippen LogP contribution in [0, 0.1) is 0 Å². The first-order chi connectivity index (χ1) is 10.6. The van der Waals surface area contributed by atoms with Crippen molar-refractivity contribution in [1.82, 2.24) is 10.2 Å². The second-order valence-electron chi connectivity index (χ2n) is 7.08. The molecule has 0 radical (unpaired) electrons. The number of nitrogens with one attached hydrogen (secondary N) is 1. The molecule has 0 bridgehead atoms. The number of carbonyl (C=O) groups excluding carboxylic acids is 2. The summed E-state index contributed by atoms with van der Waals surface area (Å²) in [6.07, 6.45) is 0.912. The van der Waals surface area contributed by atoms with Gasteiger partial charge in [0.25, 0.3) is 5.91 Å². The lowest BCUT2D eigenvalue weighted by Crippen LogP contribution is -2.55. The monoisotopic (exact) mass is 386 g/mol. The zero-order valence-electron chi connectivity index (χ0n) is 13.9. The Hall–Kier alpha value is -1.50. The van der Waals surface area contributed by atoms with E-state index in [2.05, 4.69) is 21.2 Å². The van der Waals surface area contributed by atoms with E-state index in [9.17, 15) is 9.59 Å². The van der Waals surface area contributed by atoms with E-state index >= 15 is 0 Å². The zero-order valence-corrected chi connectivity index (χ0v) is 15.5. The van der Waals surface area contributed by atoms with Gasteiger partial charge < -0.3 is 19.4 Å². The van der Waals surface area contributed by atoms with Crippen LogP contribution in [0.5, 0.6) is 0 Å². The molecular weight excluding hydrogens is 364 g/mol. The van der Waals surface area contributed by atoms with Crippen molar-refractivity contribution in [1.29, 1.82) is 0 Å². The van der Waals surface area contributed by atoms with Crippen molar-refractivity contribution in [2.45, 2.75) is 51.7 Å². The highest BCUT2D eigenvalue weighted by atomic mass is 79.9. The summed E-state index contributed by atoms with van der Waals surface area (Å²) in [6.45, 7) is 8.59. The van der Waals surface area contributed by atoms with Crippen LogP contribution in [-0.2, 0) is 4.74 Å². The maximum atomic E-state index is 12.3. The van der Waals surface area contributed by atoms with Gasteiger partial charge in [-0.3, -0.25) is 4.79 Å². The largest absolute Gasteiger partial charge is 0.444 e. The number of piperidine rings is 1. The second-order valence-corrected chi connectivity index (χ2v) is 7.87. The molecule has 128 valence electrons. The third-order valence-corrected chi connectivity index (χ3v) is 4.17. The molecular formula is C16H23BrN2O4. The van der Waals surface area contributed by atoms with E-state index in [-0.39, 0.29) is 11.4 Å². The number of hydrogen-bond acceptors (Lipinski definition) is 4. The quantitative estimate of drug-likeness (QED) is 0.842. The van der Waals surface area contributed by atoms with Gasteiger partial charge in [-0.1, -0.05) is 0 Å². The molecule has 2 rings (SSSR count). The molecule has 1 N–H and O–H groups in total. The maximum absolute atomic E-state index is 12.3. The smallest absolute Gasteiger partial charge is 0.408 e. The van der Waals surface area contributed by atoms with Crippen LogP contribution in [-0.4, -0.2) is 41.1 Å². The summed E-state index contributed by atoms with van der Waals surface area (Å²) in [5.41, 5.74) is -0.896. The normalized spacial score (nSPS) is 17.7. The fraction of sp³-hybridized carbons (Fsp3) is 0.625. The number of nitrogens with zero attached hydrogens (tertiary/aromatic N) is 1. The summed E-state index contributed by atoms with van der Waals surface area (Å²) in [6, 6.07) is 3.35. The van der Waals surface area contributed by atoms with E-state index in [4.69, 9.17) is 9.15 Å². The minimum Gasteiger partial charge on any atom is -0.444 e. The lowest BCUT2D eigenvalue weighted by atomic mass is 9.89. The Kier molecular flexibility index (Phi) is 5.08. The molecule has 6 nitrogen and oxygen atoms in total. The van der Waals surface area contributed by atoms with Gasteiger partial charge in [0, 0.05) is 18.6 Å². The molecule has 1 aliphatic rings. The molecule has 2 amide bonds. The number of furan rings is 1. The summed E-state index contributed by atoms with van der Waals surface area (Å²) in [7, 11) is 0. The lowest BCUT2D eigenvalue weighted by Gasteiger charge is -2.39. The van der Waals surface area contributed by atoms with Crippen molar-refractivity contribution >= 4 is 27.9 Å². The highest BCUT2D eigenvalue weighted by Gasteiger charge is 2.35. The van der Waals surface area contributed by atoms with Gasteiger partial charge in [0.05, 0.1) is 0 Å². The van der Waals surface area contributed by atoms with Gasteiger partial charge in [0.15, 0.2) is 10.4 Å². The highest BCUT2D eigenvalue weighted by Crippen LogP contribution is 2.24. The van der Waals surface area contributed by atoms with Crippen molar-refractivity contribution < 1.29 is 18.7 Å². The zero-order chi connectivity index (χ0) is 17.3. The van der Waals surface area contributed by atoms with Crippen LogP contribution in [0.2, 0.25) is 0 Å². The van der Waals surface area contributed by atoms with Gasteiger partial charge in [-0.2, -0.15) is 0 Å². The minimum absolute atomic E-state index is 0.130. The Morgan fingerprint density at radius 1 is 1.30 bits per heavy atom. The van der Waals surface area contributed by atoms with E-state index in [0.29, 0.717) is 36.4 Å². The standard InChI is InChI=1S/C16H23BrN2O4/c1-15(2,3)23-14(21)18-16(4)7-9-19(10-8-16)13(20)11-5-6-12(17)22-11/h5-6H,7-10H2,1-4H3,(H,18,21). The Labute approximate surface area is 144 Å². The first-order valence-electron chi connectivity index (χ1n) is 7.64. The number of alkyl carbamates (subject to hydrolysis) is 1. The number of likely N-dealkylation sites (tertiary alicyclic amines) is 1. The molecule has 0 saturated carbocycles. The molecule has 0 atom stereocenters. The third-order valence-electron chi connectivity index (χ3n) is 3.74. The first-order valence-corrected chi connectivity index (χ1v) is 8.43. The van der Waals surface area contributed by atoms with Crippen molar-refractivity contribution in [3.05, 3.63) is 22.6 Å². The number of rotatable bonds is 2. The van der Waals surface area contributed by atoms with Crippen LogP contribution in [0.4, 0.5) is 4.79 Å². The van der Waals surface area contributed by atoms with Crippen molar-refractivity contribution in [3.8, 4) is 0 Å². The van der Waals surface area contributed by atoms with E-state index in [1.165, 1.54) is 0 Å². The van der Waals surface area contributed by atoms with Crippen molar-refractivity contribution in [2.75, 3.05) is 13.1 Å². The van der Waals surface area contributed by atoms with Crippen molar-refractivity contribution in [2.24, 2.45) is 0 Å². The van der Waals surface area contributed by atoms with Crippen LogP contribution in [0.25, 0.3) is 0 Å². The van der Waals surface area contributed by atoms with Crippen molar-refractivity contribution in [3.63, 3.8) is 0 Å². The fourth-order valence-corrected chi connectivity index (χ4v) is 2.77. The van der Waals surface area contributed by atoms with E-state index in [1.54, 1.807) is 17.0 Å². The molecule has 7 heteroatoms. The molecule has 0 spiro atoms. The minimum atomic E-state index is -0.524. The number of ether oxygens (including phenoxy) is 1. The van der Waals surface area contributed by atoms with Crippen LogP contribution in [0.15, 0.2) is 21.2 Å². The third kappa shape index (κ3) is 4.99. The number of halogens is 1. The predicted octanol–water partition coefficient (Wildman–Crippen LogP) is 3.56. The average molecular weight is 387 g/mol. The maximum Gasteiger partial charge on any atom is 0.408 e. The molecule has 1 aliphatic heterocycles. The second kappa shape index (κ2) is 6.55. The van der Waals surface area contributed by atoms with Gasteiger partial charge in [0.1, 0.15) is 5.60 Å². The Bertz CT molecular complexity index is 583. The molecule has 2 heterocycles. The van der Waals surface area contributed by atoms with Crippen LogP contribution >= 0.6 is 15.9 Å². The van der Waals surface area contributed by atoms with Gasteiger partial charge in [-0.05, 0) is 68.6 Å². The van der Waals surface area contributed by atoms with E-state index in [0.717, 1.165) is 0 Å². The summed E-state index contributed by atoms with van der Waals surface area (Å²) in [5, 5.41) is 2.93. The Balaban J connectivity index is 1.89. The topological polar surface area (TPSA) is 71.8 Å². The summed E-state index contributed by atoms with van der Waals surface area (Å²) in [5.74, 6) is 0.190. The van der Waals surface area contributed by atoms with Gasteiger partial charge >= 0.3 is 6.09 Å². The van der Waals surface area contributed by atoms with E-state index < -0.39 is 11.7 Å². The van der Waals surface area contributed by atoms with Gasteiger partial charge in [-0.15, -0.1) is 0 Å². The highest BCUT2D eigenvalue weighted by molar-refractivity contribution is 9.10. The molecule has 23 heavy (non-hydrogen) atoms.